The van der Waals surface area contributed by atoms with Gasteiger partial charge in [-0.2, -0.15) is 0 Å². The van der Waals surface area contributed by atoms with Crippen LogP contribution in [0.5, 0.6) is 11.5 Å². The number of carbonyl (C=O) groups excluding carboxylic acids is 1. The second kappa shape index (κ2) is 6.53. The maximum Gasteiger partial charge on any atom is 0.251 e. The van der Waals surface area contributed by atoms with Crippen LogP contribution in [-0.4, -0.2) is 30.8 Å². The molecule has 1 aliphatic rings. The van der Waals surface area contributed by atoms with Crippen molar-refractivity contribution in [1.29, 1.82) is 0 Å². The van der Waals surface area contributed by atoms with Crippen LogP contribution in [0.1, 0.15) is 28.6 Å². The zero-order valence-electron chi connectivity index (χ0n) is 12.0. The Hall–Kier alpha value is -2.47. The standard InChI is InChI=1S/C16H17NO5/c18-12(13-2-1-7-20-13)5-6-17-16(19)11-3-4-14-15(10-11)22-9-8-21-14/h1-4,7,10,12,18H,5-6,8-9H2,(H,17,19)/t12-/m0/s1. The number of hydrogen-bond acceptors (Lipinski definition) is 5. The molecule has 22 heavy (non-hydrogen) atoms. The molecule has 0 bridgehead atoms. The Morgan fingerprint density at radius 3 is 2.82 bits per heavy atom. The van der Waals surface area contributed by atoms with Crippen LogP contribution in [-0.2, 0) is 0 Å². The summed E-state index contributed by atoms with van der Waals surface area (Å²) >= 11 is 0. The molecular formula is C16H17NO5. The lowest BCUT2D eigenvalue weighted by atomic mass is 10.1. The summed E-state index contributed by atoms with van der Waals surface area (Å²) in [6.45, 7) is 1.34. The minimum absolute atomic E-state index is 0.219. The minimum Gasteiger partial charge on any atom is -0.486 e. The lowest BCUT2D eigenvalue weighted by Gasteiger charge is -2.18. The molecule has 0 radical (unpaired) electrons. The lowest BCUT2D eigenvalue weighted by Crippen LogP contribution is -2.26. The molecule has 1 aliphatic heterocycles. The summed E-state index contributed by atoms with van der Waals surface area (Å²) in [6.07, 6.45) is 1.16. The average Bonchev–Trinajstić information content (AvgIpc) is 3.08. The first-order chi connectivity index (χ1) is 10.7. The van der Waals surface area contributed by atoms with Crippen LogP contribution >= 0.6 is 0 Å². The van der Waals surface area contributed by atoms with Crippen LogP contribution in [0.4, 0.5) is 0 Å². The summed E-state index contributed by atoms with van der Waals surface area (Å²) in [6, 6.07) is 8.49. The molecule has 0 aliphatic carbocycles. The zero-order valence-corrected chi connectivity index (χ0v) is 12.0. The van der Waals surface area contributed by atoms with E-state index in [9.17, 15) is 9.90 Å². The number of rotatable bonds is 5. The van der Waals surface area contributed by atoms with Crippen molar-refractivity contribution in [2.24, 2.45) is 0 Å². The van der Waals surface area contributed by atoms with Gasteiger partial charge in [-0.15, -0.1) is 0 Å². The lowest BCUT2D eigenvalue weighted by molar-refractivity contribution is 0.0935. The van der Waals surface area contributed by atoms with Gasteiger partial charge in [-0.3, -0.25) is 4.79 Å². The third-order valence-electron chi connectivity index (χ3n) is 3.38. The molecule has 3 rings (SSSR count). The molecule has 1 aromatic carbocycles. The highest BCUT2D eigenvalue weighted by molar-refractivity contribution is 5.94. The Labute approximate surface area is 127 Å². The monoisotopic (exact) mass is 303 g/mol. The molecule has 0 saturated carbocycles. The minimum atomic E-state index is -0.726. The Kier molecular flexibility index (Phi) is 4.29. The highest BCUT2D eigenvalue weighted by Crippen LogP contribution is 2.30. The van der Waals surface area contributed by atoms with Gasteiger partial charge in [-0.25, -0.2) is 0 Å². The second-order valence-electron chi connectivity index (χ2n) is 4.93. The SMILES string of the molecule is O=C(NCC[C@H](O)c1ccco1)c1ccc2c(c1)OCCO2. The molecule has 1 amide bonds. The van der Waals surface area contributed by atoms with Gasteiger partial charge in [-0.1, -0.05) is 0 Å². The van der Waals surface area contributed by atoms with Gasteiger partial charge >= 0.3 is 0 Å². The van der Waals surface area contributed by atoms with Gasteiger partial charge in [0.2, 0.25) is 0 Å². The normalized spacial score (nSPS) is 14.4. The third kappa shape index (κ3) is 3.23. The van der Waals surface area contributed by atoms with Gasteiger partial charge in [0.25, 0.3) is 5.91 Å². The van der Waals surface area contributed by atoms with E-state index in [2.05, 4.69) is 5.32 Å². The number of aliphatic hydroxyl groups is 1. The van der Waals surface area contributed by atoms with Crippen molar-refractivity contribution in [3.8, 4) is 11.5 Å². The van der Waals surface area contributed by atoms with E-state index in [1.807, 2.05) is 0 Å². The summed E-state index contributed by atoms with van der Waals surface area (Å²) < 4.78 is 16.0. The number of aliphatic hydroxyl groups excluding tert-OH is 1. The topological polar surface area (TPSA) is 80.9 Å². The first kappa shape index (κ1) is 14.5. The maximum absolute atomic E-state index is 12.1. The Morgan fingerprint density at radius 1 is 1.23 bits per heavy atom. The van der Waals surface area contributed by atoms with Crippen molar-refractivity contribution >= 4 is 5.91 Å². The van der Waals surface area contributed by atoms with Gasteiger partial charge in [0.15, 0.2) is 11.5 Å². The molecule has 1 aromatic heterocycles. The molecule has 116 valence electrons. The Morgan fingerprint density at radius 2 is 2.05 bits per heavy atom. The number of nitrogens with one attached hydrogen (secondary N) is 1. The summed E-state index contributed by atoms with van der Waals surface area (Å²) in [5.74, 6) is 1.50. The molecule has 6 heteroatoms. The summed E-state index contributed by atoms with van der Waals surface area (Å²) in [4.78, 5) is 12.1. The Bertz CT molecular complexity index is 638. The largest absolute Gasteiger partial charge is 0.486 e. The Balaban J connectivity index is 1.53. The van der Waals surface area contributed by atoms with Crippen LogP contribution in [0.3, 0.4) is 0 Å². The number of hydrogen-bond donors (Lipinski definition) is 2. The number of benzene rings is 1. The fraction of sp³-hybridized carbons (Fsp3) is 0.312. The van der Waals surface area contributed by atoms with Gasteiger partial charge in [0.1, 0.15) is 25.1 Å². The van der Waals surface area contributed by atoms with Crippen LogP contribution in [0.2, 0.25) is 0 Å². The van der Waals surface area contributed by atoms with Crippen molar-refractivity contribution in [3.05, 3.63) is 47.9 Å². The van der Waals surface area contributed by atoms with E-state index in [-0.39, 0.29) is 5.91 Å². The summed E-state index contributed by atoms with van der Waals surface area (Å²) in [7, 11) is 0. The molecule has 6 nitrogen and oxygen atoms in total. The number of carbonyl (C=O) groups is 1. The molecule has 1 atom stereocenters. The third-order valence-corrected chi connectivity index (χ3v) is 3.38. The predicted octanol–water partition coefficient (Wildman–Crippen LogP) is 1.90. The fourth-order valence-corrected chi connectivity index (χ4v) is 2.23. The van der Waals surface area contributed by atoms with E-state index >= 15 is 0 Å². The first-order valence-electron chi connectivity index (χ1n) is 7.13. The van der Waals surface area contributed by atoms with E-state index in [0.29, 0.717) is 49.0 Å². The van der Waals surface area contributed by atoms with E-state index in [1.165, 1.54) is 6.26 Å². The quantitative estimate of drug-likeness (QED) is 0.882. The smallest absolute Gasteiger partial charge is 0.251 e. The molecule has 2 heterocycles. The van der Waals surface area contributed by atoms with Gasteiger partial charge in [-0.05, 0) is 36.8 Å². The van der Waals surface area contributed by atoms with Crippen molar-refractivity contribution in [1.82, 2.24) is 5.32 Å². The summed E-state index contributed by atoms with van der Waals surface area (Å²) in [5, 5.41) is 12.6. The average molecular weight is 303 g/mol. The van der Waals surface area contributed by atoms with Gasteiger partial charge < -0.3 is 24.3 Å². The van der Waals surface area contributed by atoms with Crippen molar-refractivity contribution in [2.75, 3.05) is 19.8 Å². The second-order valence-corrected chi connectivity index (χ2v) is 4.93. The zero-order chi connectivity index (χ0) is 15.4. The van der Waals surface area contributed by atoms with Gasteiger partial charge in [0, 0.05) is 12.1 Å². The number of ether oxygens (including phenoxy) is 2. The van der Waals surface area contributed by atoms with E-state index in [4.69, 9.17) is 13.9 Å². The van der Waals surface area contributed by atoms with Crippen LogP contribution in [0.15, 0.2) is 41.0 Å². The van der Waals surface area contributed by atoms with Crippen molar-refractivity contribution < 1.29 is 23.8 Å². The molecule has 2 aromatic rings. The van der Waals surface area contributed by atoms with Crippen molar-refractivity contribution in [2.45, 2.75) is 12.5 Å². The molecule has 0 unspecified atom stereocenters. The van der Waals surface area contributed by atoms with Crippen LogP contribution in [0, 0.1) is 0 Å². The van der Waals surface area contributed by atoms with Crippen LogP contribution in [0.25, 0.3) is 0 Å². The molecule has 0 saturated heterocycles. The number of fused-ring (bicyclic) bond motifs is 1. The highest BCUT2D eigenvalue weighted by Gasteiger charge is 2.15. The van der Waals surface area contributed by atoms with E-state index in [1.54, 1.807) is 30.3 Å². The maximum atomic E-state index is 12.1. The van der Waals surface area contributed by atoms with E-state index in [0.717, 1.165) is 0 Å². The van der Waals surface area contributed by atoms with Gasteiger partial charge in [0.05, 0.1) is 6.26 Å². The van der Waals surface area contributed by atoms with E-state index < -0.39 is 6.10 Å². The predicted molar refractivity (Wildman–Crippen MR) is 78.1 cm³/mol. The molecule has 2 N–H and O–H groups in total. The molecular weight excluding hydrogens is 286 g/mol. The van der Waals surface area contributed by atoms with Crippen molar-refractivity contribution in [3.63, 3.8) is 0 Å². The first-order valence-corrected chi connectivity index (χ1v) is 7.13. The van der Waals surface area contributed by atoms with Crippen LogP contribution < -0.4 is 14.8 Å². The summed E-state index contributed by atoms with van der Waals surface area (Å²) in [5.41, 5.74) is 0.497. The number of amides is 1. The fourth-order valence-electron chi connectivity index (χ4n) is 2.23. The highest BCUT2D eigenvalue weighted by atomic mass is 16.6. The molecule has 0 spiro atoms. The molecule has 0 fully saturated rings. The number of furan rings is 1.